The fourth-order valence-corrected chi connectivity index (χ4v) is 4.63. The number of aromatic nitrogens is 1. The summed E-state index contributed by atoms with van der Waals surface area (Å²) in [5.74, 6) is -1.17. The molecule has 2 N–H and O–H groups in total. The lowest BCUT2D eigenvalue weighted by Gasteiger charge is -2.36. The van der Waals surface area contributed by atoms with Gasteiger partial charge < -0.3 is 14.8 Å². The van der Waals surface area contributed by atoms with Crippen LogP contribution >= 0.6 is 0 Å². The van der Waals surface area contributed by atoms with Crippen LogP contribution in [-0.2, 0) is 14.8 Å². The van der Waals surface area contributed by atoms with Gasteiger partial charge in [0.15, 0.2) is 0 Å². The van der Waals surface area contributed by atoms with Crippen LogP contribution in [0.3, 0.4) is 0 Å². The number of rotatable bonds is 3. The number of aromatic amines is 1. The molecule has 1 saturated carbocycles. The average molecular weight is 300 g/mol. The van der Waals surface area contributed by atoms with Crippen LogP contribution in [0.25, 0.3) is 0 Å². The third-order valence-corrected chi connectivity index (χ3v) is 5.83. The van der Waals surface area contributed by atoms with Crippen LogP contribution in [0.4, 0.5) is 0 Å². The summed E-state index contributed by atoms with van der Waals surface area (Å²) in [6.45, 7) is 0.702. The van der Waals surface area contributed by atoms with Gasteiger partial charge in [-0.3, -0.25) is 0 Å². The molecule has 2 unspecified atom stereocenters. The fraction of sp³-hybridized carbons (Fsp3) is 0.583. The Morgan fingerprint density at radius 1 is 1.45 bits per heavy atom. The van der Waals surface area contributed by atoms with Crippen molar-refractivity contribution in [2.45, 2.75) is 36.3 Å². The number of carbonyl (C=O) groups is 1. The number of carboxylic acids is 1. The van der Waals surface area contributed by atoms with E-state index in [1.54, 1.807) is 0 Å². The van der Waals surface area contributed by atoms with Crippen LogP contribution in [-0.4, -0.2) is 54.1 Å². The van der Waals surface area contributed by atoms with E-state index in [4.69, 9.17) is 9.84 Å². The molecule has 0 amide bonds. The molecule has 0 bridgehead atoms. The SMILES string of the molecule is O=C(O)c1cc(S(=O)(=O)N2CCOC3CCCC32)c[nH]1. The molecule has 1 aromatic rings. The highest BCUT2D eigenvalue weighted by Gasteiger charge is 2.42. The summed E-state index contributed by atoms with van der Waals surface area (Å²) < 4.78 is 32.3. The number of sulfonamides is 1. The van der Waals surface area contributed by atoms with E-state index < -0.39 is 16.0 Å². The Hall–Kier alpha value is -1.38. The number of fused-ring (bicyclic) bond motifs is 1. The molecule has 2 aliphatic rings. The van der Waals surface area contributed by atoms with Crippen molar-refractivity contribution < 1.29 is 23.1 Å². The second-order valence-electron chi connectivity index (χ2n) is 5.08. The van der Waals surface area contributed by atoms with E-state index in [9.17, 15) is 13.2 Å². The molecule has 0 radical (unpaired) electrons. The minimum atomic E-state index is -3.67. The van der Waals surface area contributed by atoms with Gasteiger partial charge >= 0.3 is 5.97 Å². The highest BCUT2D eigenvalue weighted by molar-refractivity contribution is 7.89. The number of nitrogens with zero attached hydrogens (tertiary/aromatic N) is 1. The van der Waals surface area contributed by atoms with Crippen LogP contribution in [0.5, 0.6) is 0 Å². The van der Waals surface area contributed by atoms with Crippen molar-refractivity contribution in [1.29, 1.82) is 0 Å². The lowest BCUT2D eigenvalue weighted by atomic mass is 10.2. The maximum atomic E-state index is 12.6. The Labute approximate surface area is 116 Å². The summed E-state index contributed by atoms with van der Waals surface area (Å²) in [7, 11) is -3.67. The van der Waals surface area contributed by atoms with Crippen LogP contribution in [0.2, 0.25) is 0 Å². The predicted molar refractivity (Wildman–Crippen MR) is 69.0 cm³/mol. The van der Waals surface area contributed by atoms with E-state index in [0.717, 1.165) is 25.3 Å². The topological polar surface area (TPSA) is 99.7 Å². The standard InChI is InChI=1S/C12H16N2O5S/c15-12(16)9-6-8(7-13-9)20(17,18)14-4-5-19-11-3-1-2-10(11)14/h6-7,10-11,13H,1-5H2,(H,15,16). The Kier molecular flexibility index (Phi) is 3.31. The van der Waals surface area contributed by atoms with Crippen molar-refractivity contribution in [3.05, 3.63) is 18.0 Å². The summed E-state index contributed by atoms with van der Waals surface area (Å²) in [5.41, 5.74) is -0.125. The summed E-state index contributed by atoms with van der Waals surface area (Å²) in [5, 5.41) is 8.86. The first-order chi connectivity index (χ1) is 9.50. The molecule has 7 nitrogen and oxygen atoms in total. The molecular formula is C12H16N2O5S. The summed E-state index contributed by atoms with van der Waals surface area (Å²) in [6, 6.07) is 1.04. The van der Waals surface area contributed by atoms with Gasteiger partial charge in [0.05, 0.1) is 18.8 Å². The van der Waals surface area contributed by atoms with Crippen molar-refractivity contribution in [3.63, 3.8) is 0 Å². The molecule has 1 aliphatic carbocycles. The molecule has 8 heteroatoms. The number of hydrogen-bond acceptors (Lipinski definition) is 4. The second kappa shape index (κ2) is 4.87. The van der Waals surface area contributed by atoms with Gasteiger partial charge in [0.2, 0.25) is 10.0 Å². The molecule has 1 aliphatic heterocycles. The predicted octanol–water partition coefficient (Wildman–Crippen LogP) is 0.655. The van der Waals surface area contributed by atoms with Gasteiger partial charge in [-0.15, -0.1) is 0 Å². The smallest absolute Gasteiger partial charge is 0.352 e. The van der Waals surface area contributed by atoms with E-state index in [1.807, 2.05) is 0 Å². The number of H-pyrrole nitrogens is 1. The molecule has 0 aromatic carbocycles. The molecule has 110 valence electrons. The summed E-state index contributed by atoms with van der Waals surface area (Å²) in [4.78, 5) is 13.3. The van der Waals surface area contributed by atoms with E-state index in [1.165, 1.54) is 10.5 Å². The number of aromatic carboxylic acids is 1. The van der Waals surface area contributed by atoms with Gasteiger partial charge in [-0.1, -0.05) is 0 Å². The van der Waals surface area contributed by atoms with Crippen LogP contribution in [0.15, 0.2) is 17.2 Å². The fourth-order valence-electron chi connectivity index (χ4n) is 2.97. The van der Waals surface area contributed by atoms with Gasteiger partial charge in [0.25, 0.3) is 0 Å². The van der Waals surface area contributed by atoms with Crippen molar-refractivity contribution in [2.24, 2.45) is 0 Å². The van der Waals surface area contributed by atoms with Crippen molar-refractivity contribution >= 4 is 16.0 Å². The van der Waals surface area contributed by atoms with Crippen LogP contribution < -0.4 is 0 Å². The Balaban J connectivity index is 1.92. The average Bonchev–Trinajstić information content (AvgIpc) is 3.07. The highest BCUT2D eigenvalue weighted by Crippen LogP contribution is 2.33. The number of ether oxygens (including phenoxy) is 1. The molecule has 0 spiro atoms. The number of morpholine rings is 1. The highest BCUT2D eigenvalue weighted by atomic mass is 32.2. The zero-order valence-corrected chi connectivity index (χ0v) is 11.6. The van der Waals surface area contributed by atoms with Crippen molar-refractivity contribution in [1.82, 2.24) is 9.29 Å². The first kappa shape index (κ1) is 13.6. The second-order valence-corrected chi connectivity index (χ2v) is 6.97. The zero-order valence-electron chi connectivity index (χ0n) is 10.8. The van der Waals surface area contributed by atoms with E-state index in [0.29, 0.717) is 13.2 Å². The molecule has 2 heterocycles. The van der Waals surface area contributed by atoms with Gasteiger partial charge in [-0.2, -0.15) is 4.31 Å². The lowest BCUT2D eigenvalue weighted by Crippen LogP contribution is -2.51. The third-order valence-electron chi connectivity index (χ3n) is 3.92. The first-order valence-electron chi connectivity index (χ1n) is 6.55. The quantitative estimate of drug-likeness (QED) is 0.854. The molecule has 1 saturated heterocycles. The summed E-state index contributed by atoms with van der Waals surface area (Å²) >= 11 is 0. The van der Waals surface area contributed by atoms with Crippen molar-refractivity contribution in [2.75, 3.05) is 13.2 Å². The number of carboxylic acid groups (broad SMARTS) is 1. The molecular weight excluding hydrogens is 284 g/mol. The summed E-state index contributed by atoms with van der Waals surface area (Å²) in [6.07, 6.45) is 3.83. The van der Waals surface area contributed by atoms with E-state index in [2.05, 4.69) is 4.98 Å². The molecule has 2 atom stereocenters. The molecule has 2 fully saturated rings. The Morgan fingerprint density at radius 2 is 2.25 bits per heavy atom. The van der Waals surface area contributed by atoms with Gasteiger partial charge in [0.1, 0.15) is 10.6 Å². The minimum Gasteiger partial charge on any atom is -0.477 e. The maximum absolute atomic E-state index is 12.6. The van der Waals surface area contributed by atoms with Crippen LogP contribution in [0.1, 0.15) is 29.8 Å². The largest absolute Gasteiger partial charge is 0.477 e. The minimum absolute atomic E-state index is 0.00227. The van der Waals surface area contributed by atoms with Gasteiger partial charge in [0, 0.05) is 12.7 Å². The van der Waals surface area contributed by atoms with Crippen LogP contribution in [0, 0.1) is 0 Å². The van der Waals surface area contributed by atoms with E-state index in [-0.39, 0.29) is 22.7 Å². The number of hydrogen-bond donors (Lipinski definition) is 2. The van der Waals surface area contributed by atoms with E-state index >= 15 is 0 Å². The lowest BCUT2D eigenvalue weighted by molar-refractivity contribution is -0.0241. The Bertz CT molecular complexity index is 624. The third kappa shape index (κ3) is 2.13. The molecule has 20 heavy (non-hydrogen) atoms. The molecule has 1 aromatic heterocycles. The normalized spacial score (nSPS) is 27.4. The molecule has 3 rings (SSSR count). The van der Waals surface area contributed by atoms with Gasteiger partial charge in [-0.25, -0.2) is 13.2 Å². The van der Waals surface area contributed by atoms with Crippen molar-refractivity contribution in [3.8, 4) is 0 Å². The number of nitrogens with one attached hydrogen (secondary N) is 1. The van der Waals surface area contributed by atoms with Gasteiger partial charge in [-0.05, 0) is 25.3 Å². The Morgan fingerprint density at radius 3 is 2.95 bits per heavy atom. The first-order valence-corrected chi connectivity index (χ1v) is 7.99. The monoisotopic (exact) mass is 300 g/mol. The zero-order chi connectivity index (χ0) is 14.3. The maximum Gasteiger partial charge on any atom is 0.352 e.